The maximum Gasteiger partial charge on any atom is 0.223 e. The standard InChI is InChI=1S/C19H28N2O2.ClH/c1-3-4-15-5-7-17(8-6-15)18(22)9-10-19(23)21-13-16(12-20)11-14(21)2;/h5-8,14,16H,3-4,9-13,20H2,1-2H3;1H. The minimum atomic E-state index is 0. The van der Waals surface area contributed by atoms with Gasteiger partial charge in [-0.3, -0.25) is 9.59 Å². The first-order valence-electron chi connectivity index (χ1n) is 8.66. The van der Waals surface area contributed by atoms with Crippen LogP contribution in [0.15, 0.2) is 24.3 Å². The third kappa shape index (κ3) is 5.32. The Morgan fingerprint density at radius 1 is 1.21 bits per heavy atom. The normalized spacial score (nSPS) is 19.9. The molecule has 2 rings (SSSR count). The molecule has 2 atom stereocenters. The second-order valence-electron chi connectivity index (χ2n) is 6.60. The van der Waals surface area contributed by atoms with Gasteiger partial charge < -0.3 is 10.6 Å². The third-order valence-corrected chi connectivity index (χ3v) is 4.70. The Bertz CT molecular complexity index is 545. The van der Waals surface area contributed by atoms with E-state index >= 15 is 0 Å². The zero-order valence-electron chi connectivity index (χ0n) is 14.7. The summed E-state index contributed by atoms with van der Waals surface area (Å²) in [6.45, 7) is 5.55. The van der Waals surface area contributed by atoms with Crippen molar-refractivity contribution in [2.75, 3.05) is 13.1 Å². The summed E-state index contributed by atoms with van der Waals surface area (Å²) in [5.41, 5.74) is 7.65. The molecule has 24 heavy (non-hydrogen) atoms. The number of likely N-dealkylation sites (tertiary alicyclic amines) is 1. The van der Waals surface area contributed by atoms with E-state index in [-0.39, 0.29) is 43.0 Å². The number of hydrogen-bond acceptors (Lipinski definition) is 3. The molecule has 134 valence electrons. The minimum Gasteiger partial charge on any atom is -0.340 e. The van der Waals surface area contributed by atoms with E-state index in [1.54, 1.807) is 0 Å². The Balaban J connectivity index is 0.00000288. The second kappa shape index (κ2) is 9.80. The van der Waals surface area contributed by atoms with Gasteiger partial charge in [-0.25, -0.2) is 0 Å². The van der Waals surface area contributed by atoms with E-state index in [1.807, 2.05) is 29.2 Å². The van der Waals surface area contributed by atoms with E-state index in [9.17, 15) is 9.59 Å². The molecule has 4 nitrogen and oxygen atoms in total. The fourth-order valence-corrected chi connectivity index (χ4v) is 3.32. The molecule has 2 unspecified atom stereocenters. The number of nitrogens with zero attached hydrogens (tertiary/aromatic N) is 1. The molecule has 0 radical (unpaired) electrons. The highest BCUT2D eigenvalue weighted by atomic mass is 35.5. The van der Waals surface area contributed by atoms with Crippen molar-refractivity contribution in [3.8, 4) is 0 Å². The molecule has 0 saturated carbocycles. The predicted molar refractivity (Wildman–Crippen MR) is 99.6 cm³/mol. The van der Waals surface area contributed by atoms with Gasteiger partial charge in [-0.1, -0.05) is 37.6 Å². The minimum absolute atomic E-state index is 0. The van der Waals surface area contributed by atoms with E-state index in [0.717, 1.165) is 25.8 Å². The lowest BCUT2D eigenvalue weighted by Gasteiger charge is -2.21. The van der Waals surface area contributed by atoms with E-state index < -0.39 is 0 Å². The topological polar surface area (TPSA) is 63.4 Å². The monoisotopic (exact) mass is 352 g/mol. The third-order valence-electron chi connectivity index (χ3n) is 4.70. The number of halogens is 1. The molecule has 0 aliphatic carbocycles. The van der Waals surface area contributed by atoms with Crippen molar-refractivity contribution in [1.29, 1.82) is 0 Å². The van der Waals surface area contributed by atoms with Crippen LogP contribution in [0.2, 0.25) is 0 Å². The van der Waals surface area contributed by atoms with Crippen LogP contribution < -0.4 is 5.73 Å². The first-order valence-corrected chi connectivity index (χ1v) is 8.66. The van der Waals surface area contributed by atoms with Crippen LogP contribution in [0.4, 0.5) is 0 Å². The van der Waals surface area contributed by atoms with Crippen molar-refractivity contribution in [2.24, 2.45) is 11.7 Å². The molecular weight excluding hydrogens is 324 g/mol. The highest BCUT2D eigenvalue weighted by molar-refractivity contribution is 5.98. The summed E-state index contributed by atoms with van der Waals surface area (Å²) in [6, 6.07) is 8.00. The first-order chi connectivity index (χ1) is 11.0. The van der Waals surface area contributed by atoms with Crippen LogP contribution >= 0.6 is 12.4 Å². The Hall–Kier alpha value is -1.39. The van der Waals surface area contributed by atoms with Gasteiger partial charge in [-0.15, -0.1) is 12.4 Å². The zero-order chi connectivity index (χ0) is 16.8. The van der Waals surface area contributed by atoms with Crippen molar-refractivity contribution in [1.82, 2.24) is 4.90 Å². The summed E-state index contributed by atoms with van der Waals surface area (Å²) in [4.78, 5) is 26.5. The van der Waals surface area contributed by atoms with Gasteiger partial charge in [0.2, 0.25) is 5.91 Å². The van der Waals surface area contributed by atoms with E-state index in [4.69, 9.17) is 5.73 Å². The van der Waals surface area contributed by atoms with Gasteiger partial charge in [0.05, 0.1) is 0 Å². The molecule has 0 aromatic heterocycles. The summed E-state index contributed by atoms with van der Waals surface area (Å²) >= 11 is 0. The summed E-state index contributed by atoms with van der Waals surface area (Å²) in [5.74, 6) is 0.517. The number of benzene rings is 1. The number of carbonyl (C=O) groups is 2. The lowest BCUT2D eigenvalue weighted by Crippen LogP contribution is -2.34. The molecule has 2 N–H and O–H groups in total. The zero-order valence-corrected chi connectivity index (χ0v) is 15.5. The van der Waals surface area contributed by atoms with Crippen molar-refractivity contribution in [3.05, 3.63) is 35.4 Å². The summed E-state index contributed by atoms with van der Waals surface area (Å²) in [7, 11) is 0. The maximum atomic E-state index is 12.3. The van der Waals surface area contributed by atoms with Crippen LogP contribution in [0.25, 0.3) is 0 Å². The van der Waals surface area contributed by atoms with Crippen LogP contribution in [0, 0.1) is 5.92 Å². The molecule has 1 fully saturated rings. The quantitative estimate of drug-likeness (QED) is 0.766. The summed E-state index contributed by atoms with van der Waals surface area (Å²) in [6.07, 6.45) is 3.66. The average Bonchev–Trinajstić information content (AvgIpc) is 2.94. The van der Waals surface area contributed by atoms with Crippen LogP contribution in [0.5, 0.6) is 0 Å². The highest BCUT2D eigenvalue weighted by Gasteiger charge is 2.31. The molecule has 0 bridgehead atoms. The van der Waals surface area contributed by atoms with Gasteiger partial charge in [-0.2, -0.15) is 0 Å². The van der Waals surface area contributed by atoms with Gasteiger partial charge in [0, 0.05) is 31.0 Å². The summed E-state index contributed by atoms with van der Waals surface area (Å²) < 4.78 is 0. The van der Waals surface area contributed by atoms with Crippen molar-refractivity contribution in [3.63, 3.8) is 0 Å². The number of Topliss-reactive ketones (excluding diaryl/α,β-unsaturated/α-hetero) is 1. The maximum absolute atomic E-state index is 12.3. The number of nitrogens with two attached hydrogens (primary N) is 1. The Morgan fingerprint density at radius 2 is 1.88 bits per heavy atom. The van der Waals surface area contributed by atoms with Gasteiger partial charge in [0.1, 0.15) is 0 Å². The molecule has 5 heteroatoms. The number of carbonyl (C=O) groups excluding carboxylic acids is 2. The lowest BCUT2D eigenvalue weighted by molar-refractivity contribution is -0.131. The van der Waals surface area contributed by atoms with Crippen molar-refractivity contribution < 1.29 is 9.59 Å². The van der Waals surface area contributed by atoms with Crippen LogP contribution in [0.1, 0.15) is 55.5 Å². The van der Waals surface area contributed by atoms with Gasteiger partial charge in [0.25, 0.3) is 0 Å². The lowest BCUT2D eigenvalue weighted by atomic mass is 10.0. The fourth-order valence-electron chi connectivity index (χ4n) is 3.32. The van der Waals surface area contributed by atoms with Crippen LogP contribution in [-0.2, 0) is 11.2 Å². The Labute approximate surface area is 151 Å². The van der Waals surface area contributed by atoms with Crippen LogP contribution in [0.3, 0.4) is 0 Å². The molecule has 1 amide bonds. The molecule has 1 aliphatic heterocycles. The van der Waals surface area contributed by atoms with Gasteiger partial charge >= 0.3 is 0 Å². The number of hydrogen-bond donors (Lipinski definition) is 1. The second-order valence-corrected chi connectivity index (χ2v) is 6.60. The fraction of sp³-hybridized carbons (Fsp3) is 0.579. The van der Waals surface area contributed by atoms with Gasteiger partial charge in [-0.05, 0) is 37.8 Å². The number of amides is 1. The predicted octanol–water partition coefficient (Wildman–Crippen LogP) is 3.22. The largest absolute Gasteiger partial charge is 0.340 e. The summed E-state index contributed by atoms with van der Waals surface area (Å²) in [5, 5.41) is 0. The Kier molecular flexibility index (Phi) is 8.43. The number of aryl methyl sites for hydroxylation is 1. The molecule has 1 heterocycles. The van der Waals surface area contributed by atoms with Gasteiger partial charge in [0.15, 0.2) is 5.78 Å². The molecular formula is C19H29ClN2O2. The van der Waals surface area contributed by atoms with Crippen molar-refractivity contribution >= 4 is 24.1 Å². The molecule has 1 aromatic carbocycles. The van der Waals surface area contributed by atoms with E-state index in [2.05, 4.69) is 13.8 Å². The average molecular weight is 353 g/mol. The molecule has 1 aliphatic rings. The van der Waals surface area contributed by atoms with Crippen LogP contribution in [-0.4, -0.2) is 35.7 Å². The van der Waals surface area contributed by atoms with E-state index in [0.29, 0.717) is 18.0 Å². The highest BCUT2D eigenvalue weighted by Crippen LogP contribution is 2.23. The van der Waals surface area contributed by atoms with Crippen molar-refractivity contribution in [2.45, 2.75) is 52.0 Å². The first kappa shape index (κ1) is 20.7. The van der Waals surface area contributed by atoms with E-state index in [1.165, 1.54) is 5.56 Å². The Morgan fingerprint density at radius 3 is 2.42 bits per heavy atom. The SMILES string of the molecule is CCCc1ccc(C(=O)CCC(=O)N2CC(CN)CC2C)cc1.Cl. The number of rotatable bonds is 7. The number of ketones is 1. The molecule has 1 saturated heterocycles. The smallest absolute Gasteiger partial charge is 0.223 e. The molecule has 0 spiro atoms. The molecule has 1 aromatic rings.